The van der Waals surface area contributed by atoms with Crippen LogP contribution in [0.15, 0.2) is 18.2 Å². The van der Waals surface area contributed by atoms with E-state index in [9.17, 15) is 0 Å². The maximum absolute atomic E-state index is 6.11. The van der Waals surface area contributed by atoms with Crippen molar-refractivity contribution in [3.8, 4) is 0 Å². The fourth-order valence-corrected chi connectivity index (χ4v) is 1.68. The predicted octanol–water partition coefficient (Wildman–Crippen LogP) is 3.43. The molecule has 1 aromatic carbocycles. The van der Waals surface area contributed by atoms with Crippen LogP contribution in [-0.4, -0.2) is 11.5 Å². The Bertz CT molecular complexity index is 377. The molecule has 0 bridgehead atoms. The lowest BCUT2D eigenvalue weighted by molar-refractivity contribution is 0.607. The second kappa shape index (κ2) is 6.06. The van der Waals surface area contributed by atoms with E-state index in [1.807, 2.05) is 12.1 Å². The van der Waals surface area contributed by atoms with E-state index >= 15 is 0 Å². The number of benzene rings is 1. The Morgan fingerprint density at radius 2 is 2.19 bits per heavy atom. The maximum atomic E-state index is 6.11. The van der Waals surface area contributed by atoms with Crippen molar-refractivity contribution >= 4 is 34.5 Å². The molecule has 0 saturated carbocycles. The molecule has 1 aromatic rings. The number of anilines is 1. The smallest absolute Gasteiger partial charge is 0.104 e. The lowest BCUT2D eigenvalue weighted by Gasteiger charge is -2.10. The maximum Gasteiger partial charge on any atom is 0.104 e. The van der Waals surface area contributed by atoms with Crippen LogP contribution in [0.2, 0.25) is 5.02 Å². The van der Waals surface area contributed by atoms with E-state index in [-0.39, 0.29) is 0 Å². The highest BCUT2D eigenvalue weighted by Gasteiger charge is 2.03. The summed E-state index contributed by atoms with van der Waals surface area (Å²) in [6.45, 7) is 5.31. The van der Waals surface area contributed by atoms with Gasteiger partial charge in [-0.1, -0.05) is 37.7 Å². The van der Waals surface area contributed by atoms with Gasteiger partial charge in [-0.25, -0.2) is 0 Å². The Morgan fingerprint density at radius 3 is 2.69 bits per heavy atom. The van der Waals surface area contributed by atoms with Crippen molar-refractivity contribution in [3.05, 3.63) is 28.8 Å². The van der Waals surface area contributed by atoms with Gasteiger partial charge in [0.1, 0.15) is 4.99 Å². The number of hydrogen-bond acceptors (Lipinski definition) is 2. The Kier molecular flexibility index (Phi) is 5.03. The van der Waals surface area contributed by atoms with Crippen LogP contribution < -0.4 is 11.1 Å². The molecule has 16 heavy (non-hydrogen) atoms. The molecule has 4 heteroatoms. The molecule has 0 fully saturated rings. The van der Waals surface area contributed by atoms with E-state index in [2.05, 4.69) is 19.2 Å². The average Bonchev–Trinajstić information content (AvgIpc) is 2.19. The molecule has 0 radical (unpaired) electrons. The number of halogens is 1. The fourth-order valence-electron chi connectivity index (χ4n) is 1.31. The summed E-state index contributed by atoms with van der Waals surface area (Å²) in [4.78, 5) is 0.371. The van der Waals surface area contributed by atoms with Crippen molar-refractivity contribution in [2.24, 2.45) is 11.7 Å². The molecule has 0 atom stereocenters. The molecule has 0 aliphatic heterocycles. The summed E-state index contributed by atoms with van der Waals surface area (Å²) in [6.07, 6.45) is 1.12. The third kappa shape index (κ3) is 3.99. The van der Waals surface area contributed by atoms with E-state index in [4.69, 9.17) is 29.6 Å². The van der Waals surface area contributed by atoms with E-state index in [1.54, 1.807) is 6.07 Å². The summed E-state index contributed by atoms with van der Waals surface area (Å²) >= 11 is 11.0. The Morgan fingerprint density at radius 1 is 1.50 bits per heavy atom. The van der Waals surface area contributed by atoms with Gasteiger partial charge in [0.15, 0.2) is 0 Å². The highest BCUT2D eigenvalue weighted by molar-refractivity contribution is 7.80. The minimum Gasteiger partial charge on any atom is -0.389 e. The van der Waals surface area contributed by atoms with Crippen LogP contribution in [0.3, 0.4) is 0 Å². The lowest BCUT2D eigenvalue weighted by atomic mass is 10.1. The molecular formula is C12H17ClN2S. The van der Waals surface area contributed by atoms with Gasteiger partial charge in [0, 0.05) is 12.1 Å². The zero-order valence-electron chi connectivity index (χ0n) is 9.59. The van der Waals surface area contributed by atoms with E-state index in [0.717, 1.165) is 24.2 Å². The molecule has 0 aromatic heterocycles. The summed E-state index contributed by atoms with van der Waals surface area (Å²) in [6, 6.07) is 5.59. The minimum absolute atomic E-state index is 0.371. The van der Waals surface area contributed by atoms with Crippen molar-refractivity contribution in [2.45, 2.75) is 20.3 Å². The van der Waals surface area contributed by atoms with Crippen molar-refractivity contribution in [1.29, 1.82) is 0 Å². The van der Waals surface area contributed by atoms with Gasteiger partial charge < -0.3 is 11.1 Å². The molecule has 3 N–H and O–H groups in total. The normalized spacial score (nSPS) is 10.5. The summed E-state index contributed by atoms with van der Waals surface area (Å²) in [7, 11) is 0. The summed E-state index contributed by atoms with van der Waals surface area (Å²) < 4.78 is 0. The first-order valence-corrected chi connectivity index (χ1v) is 6.12. The second-order valence-electron chi connectivity index (χ2n) is 4.17. The van der Waals surface area contributed by atoms with Crippen molar-refractivity contribution in [3.63, 3.8) is 0 Å². The first kappa shape index (κ1) is 13.3. The van der Waals surface area contributed by atoms with E-state index in [0.29, 0.717) is 15.9 Å². The summed E-state index contributed by atoms with van der Waals surface area (Å²) in [5, 5.41) is 3.96. The van der Waals surface area contributed by atoms with Gasteiger partial charge >= 0.3 is 0 Å². The van der Waals surface area contributed by atoms with Gasteiger partial charge in [-0.3, -0.25) is 0 Å². The topological polar surface area (TPSA) is 38.0 Å². The molecule has 0 aliphatic carbocycles. The van der Waals surface area contributed by atoms with Crippen molar-refractivity contribution < 1.29 is 0 Å². The molecule has 0 heterocycles. The Balaban J connectivity index is 2.64. The number of hydrogen-bond donors (Lipinski definition) is 2. The molecule has 0 amide bonds. The van der Waals surface area contributed by atoms with Crippen molar-refractivity contribution in [2.75, 3.05) is 11.9 Å². The first-order valence-electron chi connectivity index (χ1n) is 5.34. The van der Waals surface area contributed by atoms with Crippen molar-refractivity contribution in [1.82, 2.24) is 0 Å². The third-order valence-corrected chi connectivity index (χ3v) is 2.84. The van der Waals surface area contributed by atoms with Crippen LogP contribution in [0, 0.1) is 5.92 Å². The largest absolute Gasteiger partial charge is 0.389 e. The summed E-state index contributed by atoms with van der Waals surface area (Å²) in [5.41, 5.74) is 7.26. The average molecular weight is 257 g/mol. The van der Waals surface area contributed by atoms with Crippen LogP contribution in [0.4, 0.5) is 5.69 Å². The quantitative estimate of drug-likeness (QED) is 0.793. The zero-order chi connectivity index (χ0) is 12.1. The molecule has 0 spiro atoms. The number of nitrogens with two attached hydrogens (primary N) is 1. The number of nitrogens with one attached hydrogen (secondary N) is 1. The van der Waals surface area contributed by atoms with Gasteiger partial charge in [-0.05, 0) is 30.5 Å². The first-order chi connectivity index (χ1) is 7.50. The minimum atomic E-state index is 0.371. The molecule has 0 saturated heterocycles. The van der Waals surface area contributed by atoms with Gasteiger partial charge in [0.2, 0.25) is 0 Å². The Labute approximate surface area is 107 Å². The highest BCUT2D eigenvalue weighted by atomic mass is 35.5. The van der Waals surface area contributed by atoms with E-state index < -0.39 is 0 Å². The fraction of sp³-hybridized carbons (Fsp3) is 0.417. The van der Waals surface area contributed by atoms with E-state index in [1.165, 1.54) is 0 Å². The molecule has 88 valence electrons. The predicted molar refractivity (Wildman–Crippen MR) is 75.3 cm³/mol. The highest BCUT2D eigenvalue weighted by Crippen LogP contribution is 2.23. The van der Waals surface area contributed by atoms with Gasteiger partial charge in [-0.15, -0.1) is 0 Å². The monoisotopic (exact) mass is 256 g/mol. The molecule has 0 aliphatic rings. The zero-order valence-corrected chi connectivity index (χ0v) is 11.2. The number of rotatable bonds is 5. The third-order valence-electron chi connectivity index (χ3n) is 2.29. The Hall–Kier alpha value is -0.800. The standard InChI is InChI=1S/C12H17ClN2S/c1-8(2)5-6-15-11-4-3-9(12(14)16)7-10(11)13/h3-4,7-8,15H,5-6H2,1-2H3,(H2,14,16). The molecule has 0 unspecified atom stereocenters. The molecule has 2 nitrogen and oxygen atoms in total. The van der Waals surface area contributed by atoms with Gasteiger partial charge in [0.05, 0.1) is 10.7 Å². The van der Waals surface area contributed by atoms with Gasteiger partial charge in [-0.2, -0.15) is 0 Å². The van der Waals surface area contributed by atoms with Crippen LogP contribution >= 0.6 is 23.8 Å². The van der Waals surface area contributed by atoms with Crippen LogP contribution in [0.1, 0.15) is 25.8 Å². The summed E-state index contributed by atoms with van der Waals surface area (Å²) in [5.74, 6) is 0.683. The molecular weight excluding hydrogens is 240 g/mol. The van der Waals surface area contributed by atoms with Crippen LogP contribution in [-0.2, 0) is 0 Å². The number of thiocarbonyl (C=S) groups is 1. The second-order valence-corrected chi connectivity index (χ2v) is 5.02. The van der Waals surface area contributed by atoms with Gasteiger partial charge in [0.25, 0.3) is 0 Å². The van der Waals surface area contributed by atoms with Crippen LogP contribution in [0.25, 0.3) is 0 Å². The van der Waals surface area contributed by atoms with Crippen LogP contribution in [0.5, 0.6) is 0 Å². The lowest BCUT2D eigenvalue weighted by Crippen LogP contribution is -2.10. The SMILES string of the molecule is CC(C)CCNc1ccc(C(N)=S)cc1Cl. The molecule has 1 rings (SSSR count).